The van der Waals surface area contributed by atoms with Gasteiger partial charge in [0.15, 0.2) is 0 Å². The summed E-state index contributed by atoms with van der Waals surface area (Å²) in [4.78, 5) is 12.1. The molecule has 4 heteroatoms. The largest absolute Gasteiger partial charge is 0.497 e. The van der Waals surface area contributed by atoms with E-state index in [2.05, 4.69) is 5.32 Å². The summed E-state index contributed by atoms with van der Waals surface area (Å²) in [6, 6.07) is 11.3. The minimum Gasteiger partial charge on any atom is -0.497 e. The number of methoxy groups -OCH3 is 1. The zero-order valence-corrected chi connectivity index (χ0v) is 13.8. The molecular formula is C19H21NO3. The Morgan fingerprint density at radius 3 is 2.48 bits per heavy atom. The molecule has 2 aromatic carbocycles. The number of amides is 1. The van der Waals surface area contributed by atoms with Gasteiger partial charge in [0.2, 0.25) is 5.91 Å². The molecule has 1 unspecified atom stereocenters. The second-order valence-corrected chi connectivity index (χ2v) is 6.86. The monoisotopic (exact) mass is 311 g/mol. The Morgan fingerprint density at radius 1 is 1.09 bits per heavy atom. The van der Waals surface area contributed by atoms with Crippen LogP contribution in [0.15, 0.2) is 36.4 Å². The maximum atomic E-state index is 12.1. The summed E-state index contributed by atoms with van der Waals surface area (Å²) >= 11 is 0. The number of hydrogen-bond donors (Lipinski definition) is 2. The highest BCUT2D eigenvalue weighted by molar-refractivity contribution is 5.95. The molecule has 0 radical (unpaired) electrons. The van der Waals surface area contributed by atoms with E-state index in [-0.39, 0.29) is 5.91 Å². The van der Waals surface area contributed by atoms with E-state index >= 15 is 0 Å². The highest BCUT2D eigenvalue weighted by Crippen LogP contribution is 2.45. The summed E-state index contributed by atoms with van der Waals surface area (Å²) in [5.74, 6) is 0.707. The van der Waals surface area contributed by atoms with Crippen LogP contribution in [-0.4, -0.2) is 18.1 Å². The highest BCUT2D eigenvalue weighted by atomic mass is 16.5. The second-order valence-electron chi connectivity index (χ2n) is 6.86. The fraction of sp³-hybridized carbons (Fsp3) is 0.316. The number of carbonyl (C=O) groups excluding carboxylic acids is 1. The lowest BCUT2D eigenvalue weighted by atomic mass is 9.95. The number of nitrogens with one attached hydrogen (secondary N) is 1. The number of rotatable bonds is 2. The van der Waals surface area contributed by atoms with E-state index in [0.29, 0.717) is 5.69 Å². The van der Waals surface area contributed by atoms with Crippen LogP contribution in [0.1, 0.15) is 38.0 Å². The summed E-state index contributed by atoms with van der Waals surface area (Å²) < 4.78 is 5.26. The van der Waals surface area contributed by atoms with Crippen molar-refractivity contribution in [1.82, 2.24) is 0 Å². The van der Waals surface area contributed by atoms with E-state index in [0.717, 1.165) is 28.0 Å². The molecule has 0 saturated heterocycles. The molecule has 3 rings (SSSR count). The van der Waals surface area contributed by atoms with Crippen LogP contribution in [-0.2, 0) is 4.79 Å². The van der Waals surface area contributed by atoms with Crippen LogP contribution in [0.5, 0.6) is 5.75 Å². The van der Waals surface area contributed by atoms with E-state index in [9.17, 15) is 9.90 Å². The van der Waals surface area contributed by atoms with Gasteiger partial charge >= 0.3 is 0 Å². The van der Waals surface area contributed by atoms with E-state index in [1.54, 1.807) is 7.11 Å². The van der Waals surface area contributed by atoms with Gasteiger partial charge in [-0.15, -0.1) is 0 Å². The number of carbonyl (C=O) groups is 1. The van der Waals surface area contributed by atoms with Crippen LogP contribution in [0, 0.1) is 5.41 Å². The van der Waals surface area contributed by atoms with E-state index in [1.165, 1.54) is 0 Å². The lowest BCUT2D eigenvalue weighted by molar-refractivity contribution is -0.123. The normalized spacial score (nSPS) is 15.8. The molecule has 23 heavy (non-hydrogen) atoms. The van der Waals surface area contributed by atoms with Crippen LogP contribution in [0.25, 0.3) is 11.1 Å². The highest BCUT2D eigenvalue weighted by Gasteiger charge is 2.28. The topological polar surface area (TPSA) is 58.6 Å². The summed E-state index contributed by atoms with van der Waals surface area (Å²) in [5.41, 5.74) is 3.84. The number of benzene rings is 2. The van der Waals surface area contributed by atoms with Crippen molar-refractivity contribution in [2.24, 2.45) is 5.41 Å². The molecule has 1 aliphatic rings. The van der Waals surface area contributed by atoms with Gasteiger partial charge in [0.25, 0.3) is 0 Å². The van der Waals surface area contributed by atoms with Gasteiger partial charge in [0, 0.05) is 11.1 Å². The molecule has 1 atom stereocenters. The number of aliphatic hydroxyl groups excluding tert-OH is 1. The Kier molecular flexibility index (Phi) is 3.65. The minimum absolute atomic E-state index is 0.0517. The maximum Gasteiger partial charge on any atom is 0.229 e. The molecule has 0 saturated carbocycles. The van der Waals surface area contributed by atoms with Crippen molar-refractivity contribution in [3.8, 4) is 16.9 Å². The average molecular weight is 311 g/mol. The number of fused-ring (bicyclic) bond motifs is 3. The minimum atomic E-state index is -0.683. The smallest absolute Gasteiger partial charge is 0.229 e. The molecule has 120 valence electrons. The molecule has 0 spiro atoms. The molecule has 0 aromatic heterocycles. The Labute approximate surface area is 136 Å². The molecule has 0 heterocycles. The van der Waals surface area contributed by atoms with Gasteiger partial charge in [0.05, 0.1) is 7.11 Å². The van der Waals surface area contributed by atoms with Crippen molar-refractivity contribution in [2.75, 3.05) is 12.4 Å². The van der Waals surface area contributed by atoms with Crippen LogP contribution in [0.3, 0.4) is 0 Å². The van der Waals surface area contributed by atoms with Crippen LogP contribution >= 0.6 is 0 Å². The average Bonchev–Trinajstić information content (AvgIpc) is 2.78. The van der Waals surface area contributed by atoms with Gasteiger partial charge in [-0.2, -0.15) is 0 Å². The van der Waals surface area contributed by atoms with Crippen LogP contribution in [0.2, 0.25) is 0 Å². The molecule has 2 aromatic rings. The van der Waals surface area contributed by atoms with Crippen LogP contribution < -0.4 is 10.1 Å². The third-order valence-electron chi connectivity index (χ3n) is 4.13. The standard InChI is InChI=1S/C19H21NO3/c1-19(2,3)18(22)20-11-5-7-13-15-10-12(23-4)6-8-14(15)17(21)16(13)9-11/h5-10,17,21H,1-4H3,(H,20,22). The fourth-order valence-electron chi connectivity index (χ4n) is 2.73. The molecule has 0 fully saturated rings. The molecule has 1 amide bonds. The van der Waals surface area contributed by atoms with Crippen molar-refractivity contribution in [3.05, 3.63) is 47.5 Å². The molecular weight excluding hydrogens is 290 g/mol. The van der Waals surface area contributed by atoms with Crippen LogP contribution in [0.4, 0.5) is 5.69 Å². The predicted molar refractivity (Wildman–Crippen MR) is 90.6 cm³/mol. The molecule has 4 nitrogen and oxygen atoms in total. The Morgan fingerprint density at radius 2 is 1.83 bits per heavy atom. The van der Waals surface area contributed by atoms with Crippen molar-refractivity contribution < 1.29 is 14.6 Å². The van der Waals surface area contributed by atoms with Crippen molar-refractivity contribution in [2.45, 2.75) is 26.9 Å². The van der Waals surface area contributed by atoms with Gasteiger partial charge in [-0.1, -0.05) is 32.9 Å². The molecule has 0 bridgehead atoms. The third-order valence-corrected chi connectivity index (χ3v) is 4.13. The summed E-state index contributed by atoms with van der Waals surface area (Å²) in [6.45, 7) is 5.60. The first kappa shape index (κ1) is 15.6. The van der Waals surface area contributed by atoms with Gasteiger partial charge < -0.3 is 15.2 Å². The van der Waals surface area contributed by atoms with E-state index in [1.807, 2.05) is 57.2 Å². The molecule has 2 N–H and O–H groups in total. The first-order chi connectivity index (χ1) is 10.8. The second kappa shape index (κ2) is 5.39. The maximum absolute atomic E-state index is 12.1. The number of anilines is 1. The van der Waals surface area contributed by atoms with Gasteiger partial charge in [-0.3, -0.25) is 4.79 Å². The lowest BCUT2D eigenvalue weighted by Crippen LogP contribution is -2.27. The SMILES string of the molecule is COc1ccc2c(c1)-c1ccc(NC(=O)C(C)(C)C)cc1C2O. The van der Waals surface area contributed by atoms with E-state index in [4.69, 9.17) is 4.74 Å². The lowest BCUT2D eigenvalue weighted by Gasteiger charge is -2.18. The van der Waals surface area contributed by atoms with Gasteiger partial charge in [0.1, 0.15) is 11.9 Å². The number of hydrogen-bond acceptors (Lipinski definition) is 3. The summed E-state index contributed by atoms with van der Waals surface area (Å²) in [7, 11) is 1.62. The quantitative estimate of drug-likeness (QED) is 0.888. The summed E-state index contributed by atoms with van der Waals surface area (Å²) in [6.07, 6.45) is -0.683. The van der Waals surface area contributed by atoms with Crippen molar-refractivity contribution in [3.63, 3.8) is 0 Å². The van der Waals surface area contributed by atoms with Gasteiger partial charge in [-0.25, -0.2) is 0 Å². The van der Waals surface area contributed by atoms with Gasteiger partial charge in [-0.05, 0) is 46.5 Å². The third kappa shape index (κ3) is 2.70. The number of aliphatic hydroxyl groups is 1. The number of ether oxygens (including phenoxy) is 1. The Balaban J connectivity index is 1.98. The zero-order chi connectivity index (χ0) is 16.8. The first-order valence-corrected chi connectivity index (χ1v) is 7.63. The van der Waals surface area contributed by atoms with Crippen molar-refractivity contribution in [1.29, 1.82) is 0 Å². The fourth-order valence-corrected chi connectivity index (χ4v) is 2.73. The Hall–Kier alpha value is -2.33. The summed E-state index contributed by atoms with van der Waals surface area (Å²) in [5, 5.41) is 13.5. The molecule has 1 aliphatic carbocycles. The van der Waals surface area contributed by atoms with Crippen molar-refractivity contribution >= 4 is 11.6 Å². The zero-order valence-electron chi connectivity index (χ0n) is 13.8. The molecule has 0 aliphatic heterocycles. The predicted octanol–water partition coefficient (Wildman–Crippen LogP) is 3.74. The Bertz CT molecular complexity index is 775. The van der Waals surface area contributed by atoms with E-state index < -0.39 is 11.5 Å². The first-order valence-electron chi connectivity index (χ1n) is 7.63.